The quantitative estimate of drug-likeness (QED) is 0.0882. The summed E-state index contributed by atoms with van der Waals surface area (Å²) in [6.07, 6.45) is -51.8. The van der Waals surface area contributed by atoms with Crippen LogP contribution < -0.4 is 31.4 Å². The number of hydrogen-bond donors (Lipinski definition) is 0. The molecular formula is C44H26BF24NO. The van der Waals surface area contributed by atoms with Crippen molar-refractivity contribution in [3.63, 3.8) is 0 Å². The highest BCUT2D eigenvalue weighted by atomic mass is 19.4. The van der Waals surface area contributed by atoms with Gasteiger partial charge in [0.15, 0.2) is 6.61 Å². The standard InChI is InChI=1S/C32H12BF24.C12H14NO/c34-25(35,36)13-1-14(26(37,38)39)6-21(5-13)33(22-7-15(27(40,41)42)2-16(8-22)28(43,44)45,23-9-17(29(46,47)48)3-18(10-23)30(49,50)51)24-11-19(31(52,53)54)4-20(12-24)32(55,56)57;1-2-10-14-13-9-5-7-11-6-3-4-8-12(11)13/h1-12H;3-9H,2,10H2,1H3/q-1;+1. The van der Waals surface area contributed by atoms with Gasteiger partial charge >= 0.3 is 49.4 Å². The lowest BCUT2D eigenvalue weighted by Gasteiger charge is -2.46. The van der Waals surface area contributed by atoms with E-state index >= 15 is 0 Å². The Morgan fingerprint density at radius 3 is 0.831 bits per heavy atom. The van der Waals surface area contributed by atoms with E-state index in [9.17, 15) is 105 Å². The van der Waals surface area contributed by atoms with Crippen LogP contribution in [0.1, 0.15) is 57.9 Å². The molecule has 0 saturated heterocycles. The molecule has 0 spiro atoms. The Morgan fingerprint density at radius 2 is 0.592 bits per heavy atom. The summed E-state index contributed by atoms with van der Waals surface area (Å²) in [7, 11) is 0. The highest BCUT2D eigenvalue weighted by Gasteiger charge is 2.47. The SMILES string of the molecule is CCCO[n+]1cccc2ccccc21.FC(F)(F)c1cc([B-](c2cc(C(F)(F)F)cc(C(F)(F)F)c2)(c2cc(C(F)(F)F)cc(C(F)(F)F)c2)c2cc(C(F)(F)F)cc(C(F)(F)F)c2)cc(C(F)(F)F)c1. The summed E-state index contributed by atoms with van der Waals surface area (Å²) in [6.45, 7) is 2.85. The Balaban J connectivity index is 0.000000569. The molecule has 0 aliphatic rings. The summed E-state index contributed by atoms with van der Waals surface area (Å²) >= 11 is 0. The molecule has 0 unspecified atom stereocenters. The summed E-state index contributed by atoms with van der Waals surface area (Å²) in [4.78, 5) is 5.59. The number of nitrogens with zero attached hydrogens (tertiary/aromatic N) is 1. The second-order valence-corrected chi connectivity index (χ2v) is 15.4. The Kier molecular flexibility index (Phi) is 14.9. The Labute approximate surface area is 382 Å². The van der Waals surface area contributed by atoms with Crippen molar-refractivity contribution in [2.45, 2.75) is 62.8 Å². The van der Waals surface area contributed by atoms with Crippen LogP contribution in [0.25, 0.3) is 10.9 Å². The maximum Gasteiger partial charge on any atom is 0.416 e. The first-order chi connectivity index (χ1) is 32.2. The van der Waals surface area contributed by atoms with Crippen molar-refractivity contribution in [2.75, 3.05) is 6.61 Å². The number of fused-ring (bicyclic) bond motifs is 1. The van der Waals surface area contributed by atoms with Gasteiger partial charge in [-0.15, -0.1) is 0 Å². The minimum atomic E-state index is -6.13. The average molecular weight is 1050 g/mol. The van der Waals surface area contributed by atoms with Gasteiger partial charge in [-0.2, -0.15) is 127 Å². The molecule has 27 heteroatoms. The summed E-state index contributed by atoms with van der Waals surface area (Å²) in [6, 6.07) is 3.47. The van der Waals surface area contributed by atoms with E-state index in [0.29, 0.717) is 0 Å². The topological polar surface area (TPSA) is 13.1 Å². The van der Waals surface area contributed by atoms with Crippen LogP contribution in [-0.4, -0.2) is 12.8 Å². The van der Waals surface area contributed by atoms with E-state index in [2.05, 4.69) is 25.1 Å². The van der Waals surface area contributed by atoms with Gasteiger partial charge in [-0.3, -0.25) is 4.84 Å². The van der Waals surface area contributed by atoms with Crippen LogP contribution in [-0.2, 0) is 49.4 Å². The first kappa shape index (κ1) is 55.6. The number of halogens is 24. The summed E-state index contributed by atoms with van der Waals surface area (Å²) < 4.78 is 343. The predicted molar refractivity (Wildman–Crippen MR) is 206 cm³/mol. The molecule has 2 nitrogen and oxygen atoms in total. The number of rotatable bonds is 7. The summed E-state index contributed by atoms with van der Waals surface area (Å²) in [5, 5.41) is 1.20. The molecule has 0 bridgehead atoms. The zero-order valence-electron chi connectivity index (χ0n) is 34.9. The lowest BCUT2D eigenvalue weighted by atomic mass is 9.12. The fourth-order valence-electron chi connectivity index (χ4n) is 7.51. The van der Waals surface area contributed by atoms with Gasteiger partial charge in [0, 0.05) is 16.9 Å². The van der Waals surface area contributed by atoms with E-state index < -0.39 is 195 Å². The normalized spacial score (nSPS) is 13.5. The predicted octanol–water partition coefficient (Wildman–Crippen LogP) is 13.2. The molecule has 5 aromatic carbocycles. The summed E-state index contributed by atoms with van der Waals surface area (Å²) in [5.74, 6) is 0. The number of hydrogen-bond acceptors (Lipinski definition) is 1. The van der Waals surface area contributed by atoms with E-state index in [1.165, 1.54) is 5.39 Å². The fourth-order valence-corrected chi connectivity index (χ4v) is 7.51. The molecule has 6 aromatic rings. The smallest absolute Gasteiger partial charge is 0.271 e. The number of aromatic nitrogens is 1. The van der Waals surface area contributed by atoms with E-state index in [-0.39, 0.29) is 0 Å². The lowest BCUT2D eigenvalue weighted by molar-refractivity contribution is -0.871. The largest absolute Gasteiger partial charge is 0.416 e. The molecule has 1 aromatic heterocycles. The first-order valence-corrected chi connectivity index (χ1v) is 19.6. The molecule has 1 heterocycles. The van der Waals surface area contributed by atoms with Crippen LogP contribution in [0.2, 0.25) is 0 Å². The van der Waals surface area contributed by atoms with E-state index in [0.717, 1.165) is 18.5 Å². The molecule has 0 saturated carbocycles. The van der Waals surface area contributed by atoms with Crippen LogP contribution in [0.15, 0.2) is 115 Å². The summed E-state index contributed by atoms with van der Waals surface area (Å²) in [5.41, 5.74) is -29.1. The lowest BCUT2D eigenvalue weighted by Crippen LogP contribution is -2.75. The highest BCUT2D eigenvalue weighted by molar-refractivity contribution is 7.20. The van der Waals surface area contributed by atoms with E-state index in [4.69, 9.17) is 4.84 Å². The van der Waals surface area contributed by atoms with Crippen molar-refractivity contribution in [1.29, 1.82) is 0 Å². The number of pyridine rings is 1. The molecule has 384 valence electrons. The molecular weight excluding hydrogens is 1030 g/mol. The minimum Gasteiger partial charge on any atom is -0.271 e. The molecule has 71 heavy (non-hydrogen) atoms. The number of benzene rings is 5. The third-order valence-corrected chi connectivity index (χ3v) is 10.5. The van der Waals surface area contributed by atoms with Crippen LogP contribution in [0, 0.1) is 0 Å². The van der Waals surface area contributed by atoms with Gasteiger partial charge in [0.2, 0.25) is 6.20 Å². The third-order valence-electron chi connectivity index (χ3n) is 10.5. The van der Waals surface area contributed by atoms with Crippen molar-refractivity contribution < 1.29 is 115 Å². The molecule has 0 fully saturated rings. The van der Waals surface area contributed by atoms with Crippen molar-refractivity contribution in [1.82, 2.24) is 0 Å². The molecule has 0 aliphatic heterocycles. The maximum atomic E-state index is 14.2. The van der Waals surface area contributed by atoms with Gasteiger partial charge in [-0.25, -0.2) is 0 Å². The molecule has 6 rings (SSSR count). The molecule has 0 aliphatic carbocycles. The van der Waals surface area contributed by atoms with Crippen LogP contribution >= 0.6 is 0 Å². The van der Waals surface area contributed by atoms with Crippen molar-refractivity contribution in [3.8, 4) is 0 Å². The Morgan fingerprint density at radius 1 is 0.352 bits per heavy atom. The van der Waals surface area contributed by atoms with E-state index in [1.54, 1.807) is 0 Å². The van der Waals surface area contributed by atoms with E-state index in [1.807, 2.05) is 29.1 Å². The Hall–Kier alpha value is -6.31. The fraction of sp³-hybridized carbons (Fsp3) is 0.250. The first-order valence-electron chi connectivity index (χ1n) is 19.6. The zero-order valence-corrected chi connectivity index (χ0v) is 34.9. The molecule has 0 atom stereocenters. The zero-order chi connectivity index (χ0) is 53.7. The van der Waals surface area contributed by atoms with Crippen molar-refractivity contribution in [3.05, 3.63) is 160 Å². The third kappa shape index (κ3) is 12.6. The van der Waals surface area contributed by atoms with Gasteiger partial charge in [-0.1, -0.05) is 67.6 Å². The minimum absolute atomic E-state index is 0.691. The second kappa shape index (κ2) is 19.0. The van der Waals surface area contributed by atoms with Crippen LogP contribution in [0.3, 0.4) is 0 Å². The monoisotopic (exact) mass is 1050 g/mol. The van der Waals surface area contributed by atoms with Gasteiger partial charge in [0.1, 0.15) is 6.15 Å². The van der Waals surface area contributed by atoms with Gasteiger partial charge in [0.25, 0.3) is 5.52 Å². The maximum absolute atomic E-state index is 14.2. The molecule has 0 amide bonds. The van der Waals surface area contributed by atoms with Crippen LogP contribution in [0.4, 0.5) is 105 Å². The van der Waals surface area contributed by atoms with Crippen molar-refractivity contribution in [2.24, 2.45) is 0 Å². The number of alkyl halides is 24. The second-order valence-electron chi connectivity index (χ2n) is 15.4. The van der Waals surface area contributed by atoms with Gasteiger partial charge in [0.05, 0.1) is 49.9 Å². The van der Waals surface area contributed by atoms with Crippen molar-refractivity contribution >= 4 is 38.9 Å². The van der Waals surface area contributed by atoms with Gasteiger partial charge in [-0.05, 0) is 42.8 Å². The molecule has 0 N–H and O–H groups in total. The van der Waals surface area contributed by atoms with Crippen LogP contribution in [0.5, 0.6) is 0 Å². The molecule has 0 radical (unpaired) electrons. The average Bonchev–Trinajstić information content (AvgIpc) is 3.23. The Bertz CT molecular complexity index is 2420. The highest BCUT2D eigenvalue weighted by Crippen LogP contribution is 2.41. The van der Waals surface area contributed by atoms with Gasteiger partial charge < -0.3 is 0 Å². The number of para-hydroxylation sites is 1.